The van der Waals surface area contributed by atoms with Crippen molar-refractivity contribution < 1.29 is 20.1 Å². The van der Waals surface area contributed by atoms with Crippen molar-refractivity contribution in [2.75, 3.05) is 0 Å². The van der Waals surface area contributed by atoms with Crippen LogP contribution in [0.15, 0.2) is 237 Å². The molecule has 0 saturated carbocycles. The molecule has 0 bridgehead atoms. The predicted octanol–water partition coefficient (Wildman–Crippen LogP) is 16.4. The molecule has 9 aromatic carbocycles. The van der Waals surface area contributed by atoms with E-state index in [1.165, 1.54) is 22.3 Å². The Hall–Kier alpha value is -8.21. The number of hydrogen-bond acceptors (Lipinski definition) is 4. The largest absolute Gasteiger partial charge is 0.304 e. The van der Waals surface area contributed by atoms with Crippen LogP contribution in [0.25, 0.3) is 112 Å². The van der Waals surface area contributed by atoms with Gasteiger partial charge in [0.15, 0.2) is 17.5 Å². The van der Waals surface area contributed by atoms with Crippen LogP contribution in [0.5, 0.6) is 0 Å². The second-order valence-electron chi connectivity index (χ2n) is 17.1. The summed E-state index contributed by atoms with van der Waals surface area (Å²) < 4.78 is 0. The second-order valence-corrected chi connectivity index (χ2v) is 17.1. The average molecular weight is 1060 g/mol. The van der Waals surface area contributed by atoms with Gasteiger partial charge in [-0.3, -0.25) is 0 Å². The number of pyridine rings is 1. The van der Waals surface area contributed by atoms with Crippen molar-refractivity contribution in [3.05, 3.63) is 254 Å². The Kier molecular flexibility index (Phi) is 12.9. The Morgan fingerprint density at radius 2 is 0.739 bits per heavy atom. The summed E-state index contributed by atoms with van der Waals surface area (Å²) in [5.74, 6) is 1.71. The molecule has 0 aliphatic heterocycles. The van der Waals surface area contributed by atoms with E-state index >= 15 is 0 Å². The van der Waals surface area contributed by atoms with Crippen molar-refractivity contribution in [1.29, 1.82) is 0 Å². The van der Waals surface area contributed by atoms with Gasteiger partial charge in [0.05, 0.1) is 0 Å². The van der Waals surface area contributed by atoms with Gasteiger partial charge in [-0.05, 0) is 87.8 Å². The summed E-state index contributed by atoms with van der Waals surface area (Å²) in [4.78, 5) is 20.5. The van der Waals surface area contributed by atoms with Gasteiger partial charge < -0.3 is 4.98 Å². The maximum absolute atomic E-state index is 5.18. The molecule has 5 heteroatoms. The van der Waals surface area contributed by atoms with Crippen molar-refractivity contribution in [2.45, 2.75) is 13.8 Å². The first-order chi connectivity index (χ1) is 33.5. The van der Waals surface area contributed by atoms with E-state index in [4.69, 9.17) is 19.9 Å². The molecule has 11 aromatic rings. The fourth-order valence-corrected chi connectivity index (χ4v) is 9.16. The Morgan fingerprint density at radius 1 is 0.304 bits per heavy atom. The maximum Gasteiger partial charge on any atom is 0.165 e. The first kappa shape index (κ1) is 44.6. The van der Waals surface area contributed by atoms with Crippen LogP contribution in [0.3, 0.4) is 0 Å². The fraction of sp³-hybridized carbons (Fsp3) is 0.0312. The van der Waals surface area contributed by atoms with Gasteiger partial charge in [-0.25, -0.2) is 15.0 Å². The Bertz CT molecular complexity index is 3480. The summed E-state index contributed by atoms with van der Waals surface area (Å²) >= 11 is 0. The molecule has 0 atom stereocenters. The Morgan fingerprint density at radius 3 is 1.28 bits per heavy atom. The number of benzene rings is 9. The Balaban J connectivity index is 0.00000553. The average Bonchev–Trinajstić information content (AvgIpc) is 3.41. The van der Waals surface area contributed by atoms with Crippen LogP contribution >= 0.6 is 0 Å². The van der Waals surface area contributed by atoms with Crippen LogP contribution in [0.2, 0.25) is 0 Å². The number of nitrogens with zero attached hydrogens (tertiary/aromatic N) is 4. The smallest absolute Gasteiger partial charge is 0.165 e. The Labute approximate surface area is 417 Å². The fourth-order valence-electron chi connectivity index (χ4n) is 9.16. The minimum atomic E-state index is 0. The minimum absolute atomic E-state index is 0. The summed E-state index contributed by atoms with van der Waals surface area (Å²) in [7, 11) is 0. The zero-order valence-electron chi connectivity index (χ0n) is 38.1. The van der Waals surface area contributed by atoms with Crippen LogP contribution in [-0.4, -0.2) is 19.9 Å². The van der Waals surface area contributed by atoms with Gasteiger partial charge in [-0.2, -0.15) is 0 Å². The monoisotopic (exact) mass is 1060 g/mol. The molecule has 0 amide bonds. The number of aryl methyl sites for hydroxylation is 2. The molecule has 0 saturated heterocycles. The molecule has 0 unspecified atom stereocenters. The van der Waals surface area contributed by atoms with Crippen molar-refractivity contribution in [3.63, 3.8) is 0 Å². The van der Waals surface area contributed by atoms with Crippen molar-refractivity contribution in [3.8, 4) is 112 Å². The summed E-state index contributed by atoms with van der Waals surface area (Å²) in [6.45, 7) is 4.33. The molecule has 11 rings (SSSR count). The molecular formula is C64H45IrN4-. The van der Waals surface area contributed by atoms with Gasteiger partial charge in [0, 0.05) is 43.0 Å². The zero-order valence-corrected chi connectivity index (χ0v) is 40.5. The van der Waals surface area contributed by atoms with E-state index < -0.39 is 0 Å². The van der Waals surface area contributed by atoms with E-state index in [-0.39, 0.29) is 20.1 Å². The van der Waals surface area contributed by atoms with E-state index in [1.807, 2.05) is 54.7 Å². The first-order valence-corrected chi connectivity index (χ1v) is 22.9. The van der Waals surface area contributed by atoms with E-state index in [0.29, 0.717) is 17.5 Å². The molecule has 4 nitrogen and oxygen atoms in total. The van der Waals surface area contributed by atoms with Gasteiger partial charge in [0.2, 0.25) is 0 Å². The van der Waals surface area contributed by atoms with Gasteiger partial charge >= 0.3 is 0 Å². The second kappa shape index (κ2) is 19.9. The van der Waals surface area contributed by atoms with Gasteiger partial charge in [0.1, 0.15) is 0 Å². The standard InChI is InChI=1S/C64H45N4.Ir/c1-43-35-44(2)37-53(36-43)56-28-16-17-29-57(56)59-33-31-49(41-60(59)58-30-18-15-27-55(58)47-23-11-5-12-24-47)61-34-32-50(42-65-61)63-66-62(48-25-13-6-14-26-48)67-64(68-63)54-39-51(45-19-7-3-8-20-45)38-52(40-54)46-21-9-4-10-22-46;/h3-30,32-42H,1-2H3;/q-1;. The molecular weight excluding hydrogens is 1020 g/mol. The van der Waals surface area contributed by atoms with Crippen LogP contribution in [-0.2, 0) is 20.1 Å². The van der Waals surface area contributed by atoms with E-state index in [1.54, 1.807) is 0 Å². The van der Waals surface area contributed by atoms with E-state index in [2.05, 4.69) is 202 Å². The molecule has 0 N–H and O–H groups in total. The molecule has 1 radical (unpaired) electrons. The normalized spacial score (nSPS) is 10.9. The molecule has 0 spiro atoms. The van der Waals surface area contributed by atoms with Gasteiger partial charge in [0.25, 0.3) is 0 Å². The topological polar surface area (TPSA) is 51.6 Å². The summed E-state index contributed by atoms with van der Waals surface area (Å²) in [6.07, 6.45) is 1.87. The molecule has 0 aliphatic carbocycles. The SMILES string of the molecule is Cc1cc(C)cc(-c2ccccc2-c2c[c-]c(-c3ccc(-c4nc(-c5ccccc5)nc(-c5cc(-c6ccccc6)cc(-c6ccccc6)c5)n4)cn3)cc2-c2ccccc2-c2ccccc2)c1.[Ir]. The quantitative estimate of drug-likeness (QED) is 0.128. The summed E-state index contributed by atoms with van der Waals surface area (Å²) in [5, 5.41) is 0. The van der Waals surface area contributed by atoms with Gasteiger partial charge in [-0.1, -0.05) is 228 Å². The third-order valence-electron chi connectivity index (χ3n) is 12.4. The van der Waals surface area contributed by atoms with Crippen molar-refractivity contribution in [2.24, 2.45) is 0 Å². The molecule has 69 heavy (non-hydrogen) atoms. The maximum atomic E-state index is 5.18. The molecule has 2 aromatic heterocycles. The van der Waals surface area contributed by atoms with Crippen LogP contribution < -0.4 is 0 Å². The van der Waals surface area contributed by atoms with Crippen molar-refractivity contribution >= 4 is 0 Å². The molecule has 331 valence electrons. The third-order valence-corrected chi connectivity index (χ3v) is 12.4. The van der Waals surface area contributed by atoms with Crippen LogP contribution in [0.1, 0.15) is 11.1 Å². The van der Waals surface area contributed by atoms with E-state index in [0.717, 1.165) is 83.6 Å². The summed E-state index contributed by atoms with van der Waals surface area (Å²) in [5.41, 5.74) is 20.3. The number of aromatic nitrogens is 4. The summed E-state index contributed by atoms with van der Waals surface area (Å²) in [6, 6.07) is 84.5. The van der Waals surface area contributed by atoms with Crippen molar-refractivity contribution in [1.82, 2.24) is 19.9 Å². The van der Waals surface area contributed by atoms with Crippen LogP contribution in [0, 0.1) is 19.9 Å². The van der Waals surface area contributed by atoms with Gasteiger partial charge in [-0.15, -0.1) is 23.8 Å². The molecule has 2 heterocycles. The predicted molar refractivity (Wildman–Crippen MR) is 280 cm³/mol. The number of hydrogen-bond donors (Lipinski definition) is 0. The molecule has 0 aliphatic rings. The van der Waals surface area contributed by atoms with Crippen LogP contribution in [0.4, 0.5) is 0 Å². The third kappa shape index (κ3) is 9.52. The molecule has 0 fully saturated rings. The number of rotatable bonds is 10. The first-order valence-electron chi connectivity index (χ1n) is 22.9. The van der Waals surface area contributed by atoms with E-state index in [9.17, 15) is 0 Å². The minimum Gasteiger partial charge on any atom is -0.304 e. The zero-order chi connectivity index (χ0) is 45.8.